The molecule has 126 valence electrons. The van der Waals surface area contributed by atoms with Crippen LogP contribution in [0.25, 0.3) is 0 Å². The standard InChI is InChI=1S/C17H18N2O4S/c1-10-9-24-16-13(15(21)19(16)14(10)17(22)23-2)18-12(20)8-11-6-4-3-5-7-11/h3-7,13,16H,8-9H2,1-2H3,(H,18,20)/t13-,16+/m1/s1. The van der Waals surface area contributed by atoms with Gasteiger partial charge in [-0.05, 0) is 18.1 Å². The molecule has 2 heterocycles. The van der Waals surface area contributed by atoms with Gasteiger partial charge in [-0.1, -0.05) is 30.3 Å². The third-order valence-corrected chi connectivity index (χ3v) is 5.49. The number of nitrogens with zero attached hydrogens (tertiary/aromatic N) is 1. The molecule has 1 aromatic rings. The number of thioether (sulfide) groups is 1. The number of carbonyl (C=O) groups excluding carboxylic acids is 3. The summed E-state index contributed by atoms with van der Waals surface area (Å²) in [5.74, 6) is -0.358. The van der Waals surface area contributed by atoms with Crippen molar-refractivity contribution in [3.63, 3.8) is 0 Å². The molecule has 1 fully saturated rings. The first-order valence-corrected chi connectivity index (χ1v) is 8.64. The minimum atomic E-state index is -0.598. The Labute approximate surface area is 144 Å². The molecule has 0 bridgehead atoms. The third kappa shape index (κ3) is 2.91. The molecule has 2 atom stereocenters. The second-order valence-corrected chi connectivity index (χ2v) is 6.84. The SMILES string of the molecule is COC(=O)C1=C(C)CS[C@H]2[C@H](NC(=O)Cc3ccccc3)C(=O)N12. The average molecular weight is 346 g/mol. The molecule has 24 heavy (non-hydrogen) atoms. The van der Waals surface area contributed by atoms with Gasteiger partial charge in [0.05, 0.1) is 13.5 Å². The minimum absolute atomic E-state index is 0.203. The summed E-state index contributed by atoms with van der Waals surface area (Å²) in [6.07, 6.45) is 0.223. The third-order valence-electron chi connectivity index (χ3n) is 4.06. The lowest BCUT2D eigenvalue weighted by atomic mass is 10.0. The summed E-state index contributed by atoms with van der Waals surface area (Å²) >= 11 is 1.54. The van der Waals surface area contributed by atoms with Crippen LogP contribution in [0.4, 0.5) is 0 Å². The van der Waals surface area contributed by atoms with Gasteiger partial charge in [-0.15, -0.1) is 11.8 Å². The first kappa shape index (κ1) is 16.6. The number of carbonyl (C=O) groups is 3. The molecule has 0 radical (unpaired) electrons. The summed E-state index contributed by atoms with van der Waals surface area (Å²) in [4.78, 5) is 37.9. The predicted molar refractivity (Wildman–Crippen MR) is 89.9 cm³/mol. The average Bonchev–Trinajstić information content (AvgIpc) is 2.59. The largest absolute Gasteiger partial charge is 0.464 e. The molecule has 1 N–H and O–H groups in total. The van der Waals surface area contributed by atoms with E-state index in [-0.39, 0.29) is 23.6 Å². The van der Waals surface area contributed by atoms with Crippen molar-refractivity contribution in [2.45, 2.75) is 24.8 Å². The van der Waals surface area contributed by atoms with Gasteiger partial charge in [0.15, 0.2) is 0 Å². The quantitative estimate of drug-likeness (QED) is 0.652. The molecule has 6 nitrogen and oxygen atoms in total. The molecule has 0 aromatic heterocycles. The summed E-state index contributed by atoms with van der Waals surface area (Å²) in [5, 5.41) is 2.53. The summed E-state index contributed by atoms with van der Waals surface area (Å²) in [6, 6.07) is 8.75. The first-order chi connectivity index (χ1) is 11.5. The number of methoxy groups -OCH3 is 1. The van der Waals surface area contributed by atoms with Crippen LogP contribution in [-0.2, 0) is 25.5 Å². The molecule has 3 rings (SSSR count). The second kappa shape index (κ2) is 6.68. The topological polar surface area (TPSA) is 75.7 Å². The number of amides is 2. The number of ether oxygens (including phenoxy) is 1. The molecule has 0 unspecified atom stereocenters. The summed E-state index contributed by atoms with van der Waals surface area (Å²) in [6.45, 7) is 1.81. The number of β-lactam (4-membered cyclic amide) rings is 1. The Bertz CT molecular complexity index is 717. The molecule has 0 aliphatic carbocycles. The lowest BCUT2D eigenvalue weighted by Crippen LogP contribution is -2.70. The van der Waals surface area contributed by atoms with E-state index in [0.29, 0.717) is 11.4 Å². The fraction of sp³-hybridized carbons (Fsp3) is 0.353. The molecular formula is C17H18N2O4S. The van der Waals surface area contributed by atoms with Gasteiger partial charge in [0.1, 0.15) is 17.1 Å². The van der Waals surface area contributed by atoms with Crippen LogP contribution < -0.4 is 5.32 Å². The smallest absolute Gasteiger partial charge is 0.354 e. The highest BCUT2D eigenvalue weighted by molar-refractivity contribution is 8.00. The highest BCUT2D eigenvalue weighted by Gasteiger charge is 2.53. The zero-order chi connectivity index (χ0) is 17.3. The zero-order valence-corrected chi connectivity index (χ0v) is 14.3. The lowest BCUT2D eigenvalue weighted by molar-refractivity contribution is -0.151. The van der Waals surface area contributed by atoms with Crippen molar-refractivity contribution in [1.29, 1.82) is 0 Å². The van der Waals surface area contributed by atoms with Crippen molar-refractivity contribution in [3.8, 4) is 0 Å². The van der Waals surface area contributed by atoms with E-state index in [9.17, 15) is 14.4 Å². The van der Waals surface area contributed by atoms with Crippen molar-refractivity contribution >= 4 is 29.5 Å². The Morgan fingerprint density at radius 2 is 2.04 bits per heavy atom. The normalized spacial score (nSPS) is 22.6. The first-order valence-electron chi connectivity index (χ1n) is 7.59. The van der Waals surface area contributed by atoms with E-state index in [1.807, 2.05) is 37.3 Å². The zero-order valence-electron chi connectivity index (χ0n) is 13.4. The summed E-state index contributed by atoms with van der Waals surface area (Å²) < 4.78 is 4.77. The second-order valence-electron chi connectivity index (χ2n) is 5.74. The Morgan fingerprint density at radius 3 is 2.71 bits per heavy atom. The molecular weight excluding hydrogens is 328 g/mol. The van der Waals surface area contributed by atoms with Crippen LogP contribution in [0.3, 0.4) is 0 Å². The summed E-state index contributed by atoms with van der Waals surface area (Å²) in [5.41, 5.74) is 2.01. The van der Waals surface area contributed by atoms with Crippen molar-refractivity contribution in [1.82, 2.24) is 10.2 Å². The van der Waals surface area contributed by atoms with Crippen molar-refractivity contribution in [2.24, 2.45) is 0 Å². The van der Waals surface area contributed by atoms with E-state index in [1.165, 1.54) is 23.8 Å². The molecule has 2 aliphatic rings. The van der Waals surface area contributed by atoms with Gasteiger partial charge in [0.2, 0.25) is 5.91 Å². The molecule has 2 amide bonds. The van der Waals surface area contributed by atoms with Crippen LogP contribution in [0.1, 0.15) is 12.5 Å². The maximum Gasteiger partial charge on any atom is 0.354 e. The number of fused-ring (bicyclic) bond motifs is 1. The van der Waals surface area contributed by atoms with Gasteiger partial charge in [-0.25, -0.2) is 4.79 Å². The van der Waals surface area contributed by atoms with Gasteiger partial charge in [-0.3, -0.25) is 14.5 Å². The fourth-order valence-electron chi connectivity index (χ4n) is 2.86. The van der Waals surface area contributed by atoms with Crippen molar-refractivity contribution < 1.29 is 19.1 Å². The maximum atomic E-state index is 12.4. The lowest BCUT2D eigenvalue weighted by Gasteiger charge is -2.49. The Hall–Kier alpha value is -2.28. The number of benzene rings is 1. The highest BCUT2D eigenvalue weighted by Crippen LogP contribution is 2.40. The molecule has 2 aliphatic heterocycles. The van der Waals surface area contributed by atoms with Crippen molar-refractivity contribution in [2.75, 3.05) is 12.9 Å². The monoisotopic (exact) mass is 346 g/mol. The molecule has 1 saturated heterocycles. The van der Waals surface area contributed by atoms with Gasteiger partial charge >= 0.3 is 5.97 Å². The van der Waals surface area contributed by atoms with Crippen LogP contribution in [0.5, 0.6) is 0 Å². The van der Waals surface area contributed by atoms with Gasteiger partial charge in [0.25, 0.3) is 5.91 Å². The van der Waals surface area contributed by atoms with Gasteiger partial charge in [-0.2, -0.15) is 0 Å². The Morgan fingerprint density at radius 1 is 1.33 bits per heavy atom. The van der Waals surface area contributed by atoms with Crippen LogP contribution in [0.15, 0.2) is 41.6 Å². The molecule has 0 saturated carbocycles. The van der Waals surface area contributed by atoms with Crippen LogP contribution >= 0.6 is 11.8 Å². The molecule has 0 spiro atoms. The van der Waals surface area contributed by atoms with Crippen LogP contribution in [-0.4, -0.2) is 47.0 Å². The van der Waals surface area contributed by atoms with Gasteiger partial charge in [0, 0.05) is 5.75 Å². The minimum Gasteiger partial charge on any atom is -0.464 e. The van der Waals surface area contributed by atoms with Crippen molar-refractivity contribution in [3.05, 3.63) is 47.2 Å². The van der Waals surface area contributed by atoms with E-state index in [0.717, 1.165) is 11.1 Å². The van der Waals surface area contributed by atoms with E-state index in [1.54, 1.807) is 0 Å². The number of rotatable bonds is 4. The summed E-state index contributed by atoms with van der Waals surface area (Å²) in [7, 11) is 1.29. The number of esters is 1. The Kier molecular flexibility index (Phi) is 4.62. The van der Waals surface area contributed by atoms with E-state index >= 15 is 0 Å². The van der Waals surface area contributed by atoms with E-state index < -0.39 is 12.0 Å². The fourth-order valence-corrected chi connectivity index (χ4v) is 4.16. The Balaban J connectivity index is 1.67. The van der Waals surface area contributed by atoms with Crippen LogP contribution in [0.2, 0.25) is 0 Å². The van der Waals surface area contributed by atoms with E-state index in [2.05, 4.69) is 5.32 Å². The number of hydrogen-bond acceptors (Lipinski definition) is 5. The number of hydrogen-bond donors (Lipinski definition) is 1. The highest BCUT2D eigenvalue weighted by atomic mass is 32.2. The molecule has 1 aromatic carbocycles. The predicted octanol–water partition coefficient (Wildman–Crippen LogP) is 1.08. The maximum absolute atomic E-state index is 12.4. The van der Waals surface area contributed by atoms with Crippen LogP contribution in [0, 0.1) is 0 Å². The molecule has 7 heteroatoms. The number of nitrogens with one attached hydrogen (secondary N) is 1. The van der Waals surface area contributed by atoms with E-state index in [4.69, 9.17) is 4.74 Å². The van der Waals surface area contributed by atoms with Gasteiger partial charge < -0.3 is 10.1 Å².